The summed E-state index contributed by atoms with van der Waals surface area (Å²) < 4.78 is 5.25. The van der Waals surface area contributed by atoms with E-state index in [9.17, 15) is 0 Å². The Morgan fingerprint density at radius 1 is 1.13 bits per heavy atom. The maximum absolute atomic E-state index is 5.25. The van der Waals surface area contributed by atoms with Gasteiger partial charge in [-0.1, -0.05) is 24.3 Å². The number of benzene rings is 2. The minimum atomic E-state index is 0.596. The summed E-state index contributed by atoms with van der Waals surface area (Å²) in [7, 11) is 1.66. The van der Waals surface area contributed by atoms with Crippen LogP contribution in [0.15, 0.2) is 59.6 Å². The smallest absolute Gasteiger partial charge is 0.227 e. The normalized spacial score (nSPS) is 12.2. The van der Waals surface area contributed by atoms with E-state index in [4.69, 9.17) is 9.72 Å². The van der Waals surface area contributed by atoms with E-state index >= 15 is 0 Å². The van der Waals surface area contributed by atoms with Gasteiger partial charge in [0, 0.05) is 39.7 Å². The van der Waals surface area contributed by atoms with Gasteiger partial charge in [-0.15, -0.1) is 11.8 Å². The van der Waals surface area contributed by atoms with Crippen molar-refractivity contribution in [2.45, 2.75) is 10.6 Å². The molecule has 4 rings (SSSR count). The number of hydrogen-bond donors (Lipinski definition) is 1. The lowest BCUT2D eigenvalue weighted by molar-refractivity contribution is 0.415. The Morgan fingerprint density at radius 3 is 2.96 bits per heavy atom. The van der Waals surface area contributed by atoms with Crippen molar-refractivity contribution in [1.82, 2.24) is 9.97 Å². The van der Waals surface area contributed by atoms with E-state index in [2.05, 4.69) is 28.5 Å². The number of rotatable bonds is 3. The molecule has 0 fully saturated rings. The van der Waals surface area contributed by atoms with Crippen LogP contribution in [0.5, 0.6) is 5.75 Å². The number of fused-ring (bicyclic) bond motifs is 3. The number of methoxy groups -OCH3 is 1. The van der Waals surface area contributed by atoms with Gasteiger partial charge in [-0.2, -0.15) is 0 Å². The molecule has 0 atom stereocenters. The number of nitrogens with zero attached hydrogens (tertiary/aromatic N) is 2. The zero-order valence-corrected chi connectivity index (χ0v) is 13.4. The second-order valence-corrected chi connectivity index (χ2v) is 6.23. The van der Waals surface area contributed by atoms with Crippen LogP contribution in [0.3, 0.4) is 0 Å². The highest BCUT2D eigenvalue weighted by molar-refractivity contribution is 7.98. The van der Waals surface area contributed by atoms with Crippen molar-refractivity contribution in [2.75, 3.05) is 12.4 Å². The minimum Gasteiger partial charge on any atom is -0.497 e. The lowest BCUT2D eigenvalue weighted by Gasteiger charge is -2.18. The summed E-state index contributed by atoms with van der Waals surface area (Å²) in [5, 5.41) is 3.25. The molecule has 4 nitrogen and oxygen atoms in total. The summed E-state index contributed by atoms with van der Waals surface area (Å²) in [6, 6.07) is 16.1. The first-order valence-electron chi connectivity index (χ1n) is 7.33. The zero-order chi connectivity index (χ0) is 15.6. The molecule has 0 bridgehead atoms. The van der Waals surface area contributed by atoms with E-state index in [-0.39, 0.29) is 0 Å². The van der Waals surface area contributed by atoms with Crippen molar-refractivity contribution in [2.24, 2.45) is 0 Å². The number of nitrogens with one attached hydrogen (secondary N) is 1. The summed E-state index contributed by atoms with van der Waals surface area (Å²) in [4.78, 5) is 10.4. The van der Waals surface area contributed by atoms with Gasteiger partial charge in [-0.05, 0) is 18.2 Å². The molecule has 2 heterocycles. The van der Waals surface area contributed by atoms with Crippen LogP contribution in [-0.4, -0.2) is 17.1 Å². The van der Waals surface area contributed by atoms with Gasteiger partial charge in [0.05, 0.1) is 12.8 Å². The third-order valence-corrected chi connectivity index (χ3v) is 4.84. The first kappa shape index (κ1) is 14.1. The fourth-order valence-corrected chi connectivity index (χ4v) is 3.60. The molecular weight excluding hydrogens is 306 g/mol. The molecular formula is C18H15N3OS. The molecule has 1 N–H and O–H groups in total. The quantitative estimate of drug-likeness (QED) is 0.769. The second-order valence-electron chi connectivity index (χ2n) is 5.21. The van der Waals surface area contributed by atoms with Gasteiger partial charge in [0.25, 0.3) is 0 Å². The van der Waals surface area contributed by atoms with Crippen LogP contribution in [0, 0.1) is 0 Å². The van der Waals surface area contributed by atoms with Crippen LogP contribution in [0.2, 0.25) is 0 Å². The highest BCUT2D eigenvalue weighted by atomic mass is 32.2. The third-order valence-electron chi connectivity index (χ3n) is 3.72. The highest BCUT2D eigenvalue weighted by Gasteiger charge is 2.18. The van der Waals surface area contributed by atoms with E-state index in [0.29, 0.717) is 5.95 Å². The molecule has 114 valence electrons. The van der Waals surface area contributed by atoms with Crippen molar-refractivity contribution in [3.05, 3.63) is 60.3 Å². The zero-order valence-electron chi connectivity index (χ0n) is 12.6. The van der Waals surface area contributed by atoms with Crippen LogP contribution in [0.1, 0.15) is 5.56 Å². The average Bonchev–Trinajstić information content (AvgIpc) is 2.62. The summed E-state index contributed by atoms with van der Waals surface area (Å²) in [6.07, 6.45) is 1.91. The number of thioether (sulfide) groups is 1. The first-order chi connectivity index (χ1) is 11.3. The van der Waals surface area contributed by atoms with Crippen molar-refractivity contribution in [3.8, 4) is 17.0 Å². The molecule has 3 aromatic rings. The SMILES string of the molecule is COc1cccc(Nc2ncc3c(n2)-c2ccccc2SC3)c1. The third kappa shape index (κ3) is 2.75. The Balaban J connectivity index is 1.70. The van der Waals surface area contributed by atoms with Gasteiger partial charge in [-0.25, -0.2) is 9.97 Å². The Morgan fingerprint density at radius 2 is 2.04 bits per heavy atom. The minimum absolute atomic E-state index is 0.596. The molecule has 0 aliphatic carbocycles. The number of hydrogen-bond acceptors (Lipinski definition) is 5. The van der Waals surface area contributed by atoms with E-state index in [1.54, 1.807) is 7.11 Å². The van der Waals surface area contributed by atoms with Gasteiger partial charge in [0.2, 0.25) is 5.95 Å². The molecule has 0 saturated heterocycles. The van der Waals surface area contributed by atoms with Crippen LogP contribution in [-0.2, 0) is 5.75 Å². The van der Waals surface area contributed by atoms with E-state index < -0.39 is 0 Å². The van der Waals surface area contributed by atoms with Gasteiger partial charge < -0.3 is 10.1 Å². The van der Waals surface area contributed by atoms with Crippen molar-refractivity contribution >= 4 is 23.4 Å². The van der Waals surface area contributed by atoms with E-state index in [1.165, 1.54) is 16.0 Å². The first-order valence-corrected chi connectivity index (χ1v) is 8.31. The highest BCUT2D eigenvalue weighted by Crippen LogP contribution is 2.40. The monoisotopic (exact) mass is 321 g/mol. The average molecular weight is 321 g/mol. The number of ether oxygens (including phenoxy) is 1. The maximum atomic E-state index is 5.25. The van der Waals surface area contributed by atoms with E-state index in [0.717, 1.165) is 22.9 Å². The van der Waals surface area contributed by atoms with Crippen molar-refractivity contribution in [1.29, 1.82) is 0 Å². The Labute approximate surface area is 138 Å². The molecule has 1 aliphatic heterocycles. The fourth-order valence-electron chi connectivity index (χ4n) is 2.58. The molecule has 1 aliphatic rings. The number of aromatic nitrogens is 2. The molecule has 1 aromatic heterocycles. The van der Waals surface area contributed by atoms with Gasteiger partial charge in [0.15, 0.2) is 0 Å². The number of anilines is 2. The Hall–Kier alpha value is -2.53. The second kappa shape index (κ2) is 5.93. The Bertz CT molecular complexity index is 866. The maximum Gasteiger partial charge on any atom is 0.227 e. The van der Waals surface area contributed by atoms with Crippen LogP contribution in [0.4, 0.5) is 11.6 Å². The molecule has 23 heavy (non-hydrogen) atoms. The van der Waals surface area contributed by atoms with Crippen LogP contribution >= 0.6 is 11.8 Å². The fraction of sp³-hybridized carbons (Fsp3) is 0.111. The topological polar surface area (TPSA) is 47.0 Å². The van der Waals surface area contributed by atoms with E-state index in [1.807, 2.05) is 48.3 Å². The summed E-state index contributed by atoms with van der Waals surface area (Å²) in [5.74, 6) is 2.31. The van der Waals surface area contributed by atoms with Gasteiger partial charge in [-0.3, -0.25) is 0 Å². The summed E-state index contributed by atoms with van der Waals surface area (Å²) in [5.41, 5.74) is 4.27. The van der Waals surface area contributed by atoms with Crippen LogP contribution in [0.25, 0.3) is 11.3 Å². The lowest BCUT2D eigenvalue weighted by atomic mass is 10.1. The summed E-state index contributed by atoms with van der Waals surface area (Å²) >= 11 is 1.83. The molecule has 0 radical (unpaired) electrons. The van der Waals surface area contributed by atoms with Gasteiger partial charge >= 0.3 is 0 Å². The standard InChI is InChI=1S/C18H15N3OS/c1-22-14-6-4-5-13(9-14)20-18-19-10-12-11-23-16-8-3-2-7-15(16)17(12)21-18/h2-10H,11H2,1H3,(H,19,20,21). The molecule has 2 aromatic carbocycles. The molecule has 0 unspecified atom stereocenters. The Kier molecular flexibility index (Phi) is 3.63. The van der Waals surface area contributed by atoms with Gasteiger partial charge in [0.1, 0.15) is 5.75 Å². The molecule has 0 saturated carbocycles. The largest absolute Gasteiger partial charge is 0.497 e. The molecule has 0 amide bonds. The lowest BCUT2D eigenvalue weighted by Crippen LogP contribution is -2.04. The van der Waals surface area contributed by atoms with Crippen molar-refractivity contribution < 1.29 is 4.74 Å². The predicted octanol–water partition coefficient (Wildman–Crippen LogP) is 4.50. The van der Waals surface area contributed by atoms with Crippen molar-refractivity contribution in [3.63, 3.8) is 0 Å². The molecule has 5 heteroatoms. The molecule has 0 spiro atoms. The predicted molar refractivity (Wildman–Crippen MR) is 93.3 cm³/mol. The summed E-state index contributed by atoms with van der Waals surface area (Å²) in [6.45, 7) is 0. The van der Waals surface area contributed by atoms with Crippen LogP contribution < -0.4 is 10.1 Å².